The SMILES string of the molecule is C[C@]12CC[C@@H]3c4ccc(O)cc4CC[C@H]3[C@@H]1CC(CC(=O)NCC1CCCO1)[C@@H]2O. The molecule has 3 fully saturated rings. The first kappa shape index (κ1) is 20.3. The maximum absolute atomic E-state index is 12.6. The van der Waals surface area contributed by atoms with Crippen LogP contribution in [0.25, 0.3) is 0 Å². The number of carbonyl (C=O) groups is 1. The Morgan fingerprint density at radius 3 is 2.97 bits per heavy atom. The summed E-state index contributed by atoms with van der Waals surface area (Å²) in [6.45, 7) is 3.65. The van der Waals surface area contributed by atoms with Crippen molar-refractivity contribution in [2.75, 3.05) is 13.2 Å². The van der Waals surface area contributed by atoms with Crippen LogP contribution in [-0.4, -0.2) is 41.5 Å². The number of nitrogens with one attached hydrogen (secondary N) is 1. The number of amides is 1. The molecule has 1 aromatic rings. The first-order chi connectivity index (χ1) is 14.5. The number of ether oxygens (including phenoxy) is 1. The quantitative estimate of drug-likeness (QED) is 0.706. The smallest absolute Gasteiger partial charge is 0.220 e. The second-order valence-electron chi connectivity index (χ2n) is 10.4. The molecule has 1 heterocycles. The Bertz CT molecular complexity index is 804. The molecule has 4 aliphatic rings. The highest BCUT2D eigenvalue weighted by Crippen LogP contribution is 2.62. The predicted molar refractivity (Wildman–Crippen MR) is 114 cm³/mol. The van der Waals surface area contributed by atoms with Gasteiger partial charge in [-0.15, -0.1) is 0 Å². The number of aromatic hydroxyl groups is 1. The van der Waals surface area contributed by atoms with Crippen LogP contribution in [0.1, 0.15) is 68.9 Å². The summed E-state index contributed by atoms with van der Waals surface area (Å²) in [6, 6.07) is 5.87. The molecular weight excluding hydrogens is 378 g/mol. The first-order valence-electron chi connectivity index (χ1n) is 11.8. The van der Waals surface area contributed by atoms with Crippen LogP contribution in [0.3, 0.4) is 0 Å². The van der Waals surface area contributed by atoms with E-state index in [0.717, 1.165) is 51.6 Å². The van der Waals surface area contributed by atoms with Crippen LogP contribution in [0.15, 0.2) is 18.2 Å². The van der Waals surface area contributed by atoms with E-state index < -0.39 is 6.10 Å². The molecule has 164 valence electrons. The van der Waals surface area contributed by atoms with E-state index in [1.54, 1.807) is 0 Å². The van der Waals surface area contributed by atoms with Crippen molar-refractivity contribution >= 4 is 5.91 Å². The van der Waals surface area contributed by atoms with Gasteiger partial charge in [0, 0.05) is 19.6 Å². The standard InChI is InChI=1S/C25H35NO4/c1-25-9-8-20-19-7-5-17(27)11-15(19)4-6-21(20)22(25)12-16(24(25)29)13-23(28)26-14-18-3-2-10-30-18/h5,7,11,16,18,20-22,24,27,29H,2-4,6,8-10,12-14H2,1H3,(H,26,28)/t16?,18?,20-,21-,22+,24+,25+/m1/s1. The Kier molecular flexibility index (Phi) is 5.30. The normalized spacial score (nSPS) is 39.8. The van der Waals surface area contributed by atoms with Crippen molar-refractivity contribution in [1.82, 2.24) is 5.32 Å². The Balaban J connectivity index is 1.27. The lowest BCUT2D eigenvalue weighted by molar-refractivity contribution is -0.123. The Labute approximate surface area is 179 Å². The topological polar surface area (TPSA) is 78.8 Å². The average Bonchev–Trinajstić information content (AvgIpc) is 3.34. The minimum atomic E-state index is -0.404. The van der Waals surface area contributed by atoms with Gasteiger partial charge in [-0.3, -0.25) is 4.79 Å². The molecule has 1 amide bonds. The van der Waals surface area contributed by atoms with Crippen LogP contribution in [0, 0.1) is 23.2 Å². The van der Waals surface area contributed by atoms with Crippen molar-refractivity contribution in [3.05, 3.63) is 29.3 Å². The summed E-state index contributed by atoms with van der Waals surface area (Å²) in [5.41, 5.74) is 2.61. The van der Waals surface area contributed by atoms with Crippen molar-refractivity contribution in [3.8, 4) is 5.75 Å². The summed E-state index contributed by atoms with van der Waals surface area (Å²) >= 11 is 0. The largest absolute Gasteiger partial charge is 0.508 e. The highest BCUT2D eigenvalue weighted by atomic mass is 16.5. The van der Waals surface area contributed by atoms with Crippen molar-refractivity contribution in [3.63, 3.8) is 0 Å². The zero-order chi connectivity index (χ0) is 20.9. The predicted octanol–water partition coefficient (Wildman–Crippen LogP) is 3.52. The number of rotatable bonds is 4. The third kappa shape index (κ3) is 3.44. The molecule has 0 spiro atoms. The monoisotopic (exact) mass is 413 g/mol. The van der Waals surface area contributed by atoms with Crippen LogP contribution >= 0.6 is 0 Å². The molecule has 2 unspecified atom stereocenters. The van der Waals surface area contributed by atoms with Crippen molar-refractivity contribution in [1.29, 1.82) is 0 Å². The Morgan fingerprint density at radius 2 is 2.17 bits per heavy atom. The second kappa shape index (κ2) is 7.83. The fourth-order valence-electron chi connectivity index (χ4n) is 7.26. The van der Waals surface area contributed by atoms with Gasteiger partial charge in [0.1, 0.15) is 5.75 Å². The van der Waals surface area contributed by atoms with E-state index in [9.17, 15) is 15.0 Å². The van der Waals surface area contributed by atoms with E-state index in [1.165, 1.54) is 11.1 Å². The van der Waals surface area contributed by atoms with E-state index in [4.69, 9.17) is 4.74 Å². The zero-order valence-electron chi connectivity index (χ0n) is 18.0. The van der Waals surface area contributed by atoms with E-state index in [2.05, 4.69) is 18.3 Å². The number of benzene rings is 1. The van der Waals surface area contributed by atoms with Gasteiger partial charge in [-0.25, -0.2) is 0 Å². The number of hydrogen-bond acceptors (Lipinski definition) is 4. The highest BCUT2D eigenvalue weighted by Gasteiger charge is 2.58. The van der Waals surface area contributed by atoms with Crippen LogP contribution in [0.2, 0.25) is 0 Å². The number of carbonyl (C=O) groups excluding carboxylic acids is 1. The molecule has 5 heteroatoms. The minimum absolute atomic E-state index is 0.0458. The van der Waals surface area contributed by atoms with Gasteiger partial charge < -0.3 is 20.3 Å². The Hall–Kier alpha value is -1.59. The molecule has 5 rings (SSSR count). The molecular formula is C25H35NO4. The van der Waals surface area contributed by atoms with Gasteiger partial charge in [0.05, 0.1) is 12.2 Å². The van der Waals surface area contributed by atoms with Gasteiger partial charge in [0.2, 0.25) is 5.91 Å². The summed E-state index contributed by atoms with van der Waals surface area (Å²) in [5, 5.41) is 24.2. The van der Waals surface area contributed by atoms with Crippen LogP contribution in [-0.2, 0) is 16.0 Å². The molecule has 1 aliphatic heterocycles. The van der Waals surface area contributed by atoms with Crippen LogP contribution in [0.5, 0.6) is 5.75 Å². The first-order valence-corrected chi connectivity index (χ1v) is 11.8. The molecule has 1 saturated heterocycles. The van der Waals surface area contributed by atoms with Gasteiger partial charge in [0.25, 0.3) is 0 Å². The molecule has 1 aromatic carbocycles. The third-order valence-corrected chi connectivity index (χ3v) is 8.83. The molecule has 3 aliphatic carbocycles. The number of aliphatic hydroxyl groups excluding tert-OH is 1. The summed E-state index contributed by atoms with van der Waals surface area (Å²) in [4.78, 5) is 12.6. The van der Waals surface area contributed by atoms with Gasteiger partial charge in [-0.1, -0.05) is 13.0 Å². The number of aliphatic hydroxyl groups is 1. The molecule has 0 bridgehead atoms. The summed E-state index contributed by atoms with van der Waals surface area (Å²) < 4.78 is 5.60. The van der Waals surface area contributed by atoms with E-state index >= 15 is 0 Å². The van der Waals surface area contributed by atoms with Crippen molar-refractivity contribution < 1.29 is 19.7 Å². The van der Waals surface area contributed by atoms with E-state index in [0.29, 0.717) is 36.5 Å². The molecule has 2 saturated carbocycles. The molecule has 3 N–H and O–H groups in total. The lowest BCUT2D eigenvalue weighted by Crippen LogP contribution is -2.44. The van der Waals surface area contributed by atoms with Crippen LogP contribution < -0.4 is 5.32 Å². The number of phenols is 1. The number of hydrogen-bond donors (Lipinski definition) is 3. The van der Waals surface area contributed by atoms with Crippen molar-refractivity contribution in [2.45, 2.75) is 76.4 Å². The third-order valence-electron chi connectivity index (χ3n) is 8.83. The van der Waals surface area contributed by atoms with Crippen molar-refractivity contribution in [2.24, 2.45) is 23.2 Å². The lowest BCUT2D eigenvalue weighted by atomic mass is 9.55. The number of fused-ring (bicyclic) bond motifs is 5. The van der Waals surface area contributed by atoms with Gasteiger partial charge >= 0.3 is 0 Å². The Morgan fingerprint density at radius 1 is 1.30 bits per heavy atom. The van der Waals surface area contributed by atoms with E-state index in [1.807, 2.05) is 12.1 Å². The second-order valence-corrected chi connectivity index (χ2v) is 10.4. The van der Waals surface area contributed by atoms with Gasteiger partial charge in [-0.05, 0) is 97.3 Å². The molecule has 0 radical (unpaired) electrons. The molecule has 0 aromatic heterocycles. The lowest BCUT2D eigenvalue weighted by Gasteiger charge is -2.50. The molecule has 30 heavy (non-hydrogen) atoms. The fraction of sp³-hybridized carbons (Fsp3) is 0.720. The maximum atomic E-state index is 12.6. The molecule has 5 nitrogen and oxygen atoms in total. The zero-order valence-corrected chi connectivity index (χ0v) is 18.0. The minimum Gasteiger partial charge on any atom is -0.508 e. The number of phenolic OH excluding ortho intramolecular Hbond substituents is 1. The number of aryl methyl sites for hydroxylation is 1. The van der Waals surface area contributed by atoms with Gasteiger partial charge in [-0.2, -0.15) is 0 Å². The summed E-state index contributed by atoms with van der Waals surface area (Å²) in [5.74, 6) is 2.01. The summed E-state index contributed by atoms with van der Waals surface area (Å²) in [6.07, 6.45) is 7.43. The average molecular weight is 414 g/mol. The fourth-order valence-corrected chi connectivity index (χ4v) is 7.26. The van der Waals surface area contributed by atoms with E-state index in [-0.39, 0.29) is 23.3 Å². The molecule has 7 atom stereocenters. The van der Waals surface area contributed by atoms with Crippen LogP contribution in [0.4, 0.5) is 0 Å². The summed E-state index contributed by atoms with van der Waals surface area (Å²) in [7, 11) is 0. The van der Waals surface area contributed by atoms with Gasteiger partial charge in [0.15, 0.2) is 0 Å². The maximum Gasteiger partial charge on any atom is 0.220 e. The highest BCUT2D eigenvalue weighted by molar-refractivity contribution is 5.76.